The Kier molecular flexibility index (Phi) is 9.33. The van der Waals surface area contributed by atoms with Gasteiger partial charge in [-0.25, -0.2) is 0 Å². The minimum atomic E-state index is -2.30. The molecule has 0 aliphatic heterocycles. The van der Waals surface area contributed by atoms with Crippen LogP contribution < -0.4 is 28.1 Å². The molecule has 0 fully saturated rings. The zero-order valence-corrected chi connectivity index (χ0v) is 23.4. The number of fused-ring (bicyclic) bond motifs is 3. The number of benzene rings is 3. The van der Waals surface area contributed by atoms with Gasteiger partial charge in [-0.1, -0.05) is 0 Å². The Morgan fingerprint density at radius 2 is 1.32 bits per heavy atom. The Labute approximate surface area is 207 Å². The maximum atomic E-state index is 13.4. The van der Waals surface area contributed by atoms with Gasteiger partial charge in [-0.2, -0.15) is 0 Å². The fourth-order valence-electron chi connectivity index (χ4n) is 4.45. The van der Waals surface area contributed by atoms with Gasteiger partial charge in [0.05, 0.1) is 0 Å². The van der Waals surface area contributed by atoms with E-state index in [1.54, 1.807) is 0 Å². The molecule has 161 valence electrons. The first-order chi connectivity index (χ1) is 14.0. The summed E-state index contributed by atoms with van der Waals surface area (Å²) in [6.45, 7) is 9.17. The predicted molar refractivity (Wildman–Crippen MR) is 121 cm³/mol. The van der Waals surface area contributed by atoms with Gasteiger partial charge >= 0.3 is 184 Å². The number of carbonyl (C=O) groups excluding carboxylic acids is 1. The van der Waals surface area contributed by atoms with Crippen molar-refractivity contribution in [3.63, 3.8) is 0 Å². The third-order valence-corrected chi connectivity index (χ3v) is 23.4. The third kappa shape index (κ3) is 5.09. The van der Waals surface area contributed by atoms with E-state index in [2.05, 4.69) is 84.8 Å². The fourth-order valence-corrected chi connectivity index (χ4v) is 19.6. The summed E-state index contributed by atoms with van der Waals surface area (Å²) >= 11 is -2.30. The molecule has 2 nitrogen and oxygen atoms in total. The topological polar surface area (TPSA) is 29.1 Å². The molecule has 0 radical (unpaired) electrons. The minimum absolute atomic E-state index is 0. The van der Waals surface area contributed by atoms with E-state index >= 15 is 0 Å². The van der Waals surface area contributed by atoms with Crippen LogP contribution in [0.4, 0.5) is 0 Å². The van der Waals surface area contributed by atoms with Crippen LogP contribution in [0.25, 0.3) is 11.1 Å². The molecule has 1 amide bonds. The fraction of sp³-hybridized carbons (Fsp3) is 0.240. The number of amides is 1. The summed E-state index contributed by atoms with van der Waals surface area (Å²) in [7, 11) is 0. The Bertz CT molecular complexity index is 1010. The standard InChI is InChI=1S/C13H9.C10H13NO.C2H7Si.2ClH.Zr/c1-3-7-12-10(5-1)9-11-6-2-4-8-13(11)12;1-7(2)8-5-3-4-6-9(8)10(11)12;1-3-2;;;/h1-9H;3-7H,1-2H3,(H2,11,12);3H,1-2H3;2*1H;/q;;;;;+3/p-3. The van der Waals surface area contributed by atoms with Crippen LogP contribution in [0.15, 0.2) is 72.8 Å². The van der Waals surface area contributed by atoms with Crippen molar-refractivity contribution < 1.29 is 50.8 Å². The van der Waals surface area contributed by atoms with E-state index in [0.717, 1.165) is 11.1 Å². The van der Waals surface area contributed by atoms with Gasteiger partial charge in [-0.15, -0.1) is 0 Å². The van der Waals surface area contributed by atoms with Gasteiger partial charge in [0, 0.05) is 0 Å². The molecule has 0 spiro atoms. The molecule has 6 heteroatoms. The van der Waals surface area contributed by atoms with E-state index in [1.165, 1.54) is 22.3 Å². The van der Waals surface area contributed by atoms with Gasteiger partial charge in [0.15, 0.2) is 0 Å². The number of nitrogens with one attached hydrogen (secondary N) is 1. The van der Waals surface area contributed by atoms with Crippen LogP contribution in [-0.2, 0) is 21.2 Å². The van der Waals surface area contributed by atoms with Crippen molar-refractivity contribution in [2.24, 2.45) is 0 Å². The van der Waals surface area contributed by atoms with Gasteiger partial charge in [-0.05, 0) is 0 Å². The van der Waals surface area contributed by atoms with Gasteiger partial charge in [0.2, 0.25) is 0 Å². The molecular weight excluding hydrogens is 520 g/mol. The molecule has 3 aromatic rings. The number of carbonyl (C=O) groups is 1. The van der Waals surface area contributed by atoms with Crippen LogP contribution >= 0.6 is 0 Å². The first kappa shape index (κ1) is 26.1. The zero-order chi connectivity index (χ0) is 20.5. The molecule has 1 aliphatic carbocycles. The smallest absolute Gasteiger partial charge is 1.00 e. The summed E-state index contributed by atoms with van der Waals surface area (Å²) in [4.78, 5) is 13.4. The average Bonchev–Trinajstić information content (AvgIpc) is 3.06. The molecule has 0 aromatic heterocycles. The monoisotopic (exact) mass is 546 g/mol. The van der Waals surface area contributed by atoms with Gasteiger partial charge in [0.25, 0.3) is 0 Å². The molecule has 0 saturated carbocycles. The SMILES string of the molecule is CC(C)c1ccccc1C(=O)[NH][Zr+2]([CH]1c2ccccc2-c2ccccc21)[SiH](C)C.[Cl-].[Cl-]. The average molecular weight is 549 g/mol. The predicted octanol–water partition coefficient (Wildman–Crippen LogP) is -0.166. The van der Waals surface area contributed by atoms with Gasteiger partial charge in [-0.3, -0.25) is 0 Å². The zero-order valence-electron chi connectivity index (χ0n) is 18.3. The summed E-state index contributed by atoms with van der Waals surface area (Å²) in [5.41, 5.74) is 7.58. The van der Waals surface area contributed by atoms with Gasteiger partial charge < -0.3 is 24.8 Å². The van der Waals surface area contributed by atoms with E-state index in [4.69, 9.17) is 0 Å². The first-order valence-electron chi connectivity index (χ1n) is 10.4. The summed E-state index contributed by atoms with van der Waals surface area (Å²) in [6.07, 6.45) is 0. The normalized spacial score (nSPS) is 11.9. The summed E-state index contributed by atoms with van der Waals surface area (Å²) < 4.78 is 4.09. The maximum absolute atomic E-state index is 13.4. The molecule has 31 heavy (non-hydrogen) atoms. The Balaban J connectivity index is 0.00000171. The molecule has 0 saturated heterocycles. The van der Waals surface area contributed by atoms with Crippen molar-refractivity contribution in [2.75, 3.05) is 0 Å². The molecule has 0 unspecified atom stereocenters. The van der Waals surface area contributed by atoms with Crippen molar-refractivity contribution in [3.05, 3.63) is 95.1 Å². The van der Waals surface area contributed by atoms with Crippen LogP contribution in [0.5, 0.6) is 0 Å². The van der Waals surface area contributed by atoms with Crippen molar-refractivity contribution in [2.45, 2.75) is 36.5 Å². The van der Waals surface area contributed by atoms with E-state index < -0.39 is 27.1 Å². The second-order valence-electron chi connectivity index (χ2n) is 8.41. The molecule has 3 aromatic carbocycles. The van der Waals surface area contributed by atoms with E-state index in [0.29, 0.717) is 9.54 Å². The van der Waals surface area contributed by atoms with Crippen molar-refractivity contribution >= 4 is 11.8 Å². The molecule has 0 atom stereocenters. The third-order valence-electron chi connectivity index (χ3n) is 5.85. The Morgan fingerprint density at radius 3 is 1.84 bits per heavy atom. The molecule has 0 heterocycles. The number of hydrogen-bond acceptors (Lipinski definition) is 1. The molecular formula is C25H28Cl2NOSiZr. The van der Waals surface area contributed by atoms with Crippen LogP contribution in [0.1, 0.15) is 50.4 Å². The quantitative estimate of drug-likeness (QED) is 0.441. The molecule has 1 N–H and O–H groups in total. The number of halogens is 2. The molecule has 4 rings (SSSR count). The Morgan fingerprint density at radius 1 is 0.839 bits per heavy atom. The first-order valence-corrected chi connectivity index (χ1v) is 20.2. The van der Waals surface area contributed by atoms with Crippen molar-refractivity contribution in [1.82, 2.24) is 3.26 Å². The van der Waals surface area contributed by atoms with Crippen molar-refractivity contribution in [3.8, 4) is 11.1 Å². The second-order valence-corrected chi connectivity index (χ2v) is 27.2. The van der Waals surface area contributed by atoms with Crippen LogP contribution in [0.2, 0.25) is 13.1 Å². The van der Waals surface area contributed by atoms with E-state index in [1.807, 2.05) is 18.2 Å². The number of hydrogen-bond donors (Lipinski definition) is 1. The van der Waals surface area contributed by atoms with E-state index in [-0.39, 0.29) is 30.7 Å². The minimum Gasteiger partial charge on any atom is -1.00 e. The molecule has 0 bridgehead atoms. The van der Waals surface area contributed by atoms with Crippen LogP contribution in [-0.4, -0.2) is 11.8 Å². The summed E-state index contributed by atoms with van der Waals surface area (Å²) in [6, 6.07) is 25.7. The van der Waals surface area contributed by atoms with E-state index in [9.17, 15) is 4.79 Å². The second kappa shape index (κ2) is 11.1. The largest absolute Gasteiger partial charge is 1.00 e. The maximum Gasteiger partial charge on any atom is -1.00 e. The summed E-state index contributed by atoms with van der Waals surface area (Å²) in [5.74, 6) is -0.525. The Hall–Kier alpha value is -1.19. The number of rotatable bonds is 5. The summed E-state index contributed by atoms with van der Waals surface area (Å²) in [5, 5.41) is 0. The van der Waals surface area contributed by atoms with Crippen LogP contribution in [0, 0.1) is 0 Å². The van der Waals surface area contributed by atoms with Gasteiger partial charge in [0.1, 0.15) is 0 Å². The van der Waals surface area contributed by atoms with Crippen LogP contribution in [0.3, 0.4) is 0 Å². The molecule has 1 aliphatic rings. The van der Waals surface area contributed by atoms with Crippen molar-refractivity contribution in [1.29, 1.82) is 0 Å².